The molecule has 0 saturated heterocycles. The molecule has 19 heavy (non-hydrogen) atoms. The van der Waals surface area contributed by atoms with Gasteiger partial charge in [0.05, 0.1) is 6.20 Å². The van der Waals surface area contributed by atoms with Crippen LogP contribution in [-0.4, -0.2) is 38.5 Å². The van der Waals surface area contributed by atoms with Crippen LogP contribution < -0.4 is 5.32 Å². The predicted octanol–water partition coefficient (Wildman–Crippen LogP) is 0.673. The molecule has 0 spiro atoms. The molecule has 7 nitrogen and oxygen atoms in total. The number of hydrogen-bond donors (Lipinski definition) is 2. The topological polar surface area (TPSA) is 97.1 Å². The van der Waals surface area contributed by atoms with E-state index in [1.165, 1.54) is 19.0 Å². The number of carboxylic acid groups (broad SMARTS) is 1. The summed E-state index contributed by atoms with van der Waals surface area (Å²) in [7, 11) is 0. The van der Waals surface area contributed by atoms with E-state index in [4.69, 9.17) is 5.11 Å². The molecule has 1 heterocycles. The number of carbonyl (C=O) groups is 2. The van der Waals surface area contributed by atoms with Crippen LogP contribution in [0.5, 0.6) is 0 Å². The van der Waals surface area contributed by atoms with E-state index < -0.39 is 5.97 Å². The molecule has 1 aliphatic rings. The maximum Gasteiger partial charge on any atom is 0.325 e. The van der Waals surface area contributed by atoms with Crippen molar-refractivity contribution < 1.29 is 14.7 Å². The van der Waals surface area contributed by atoms with E-state index in [-0.39, 0.29) is 23.6 Å². The number of nitrogens with one attached hydrogen (secondary N) is 1. The Bertz CT molecular complexity index is 477. The number of aromatic nitrogens is 3. The summed E-state index contributed by atoms with van der Waals surface area (Å²) in [6.45, 7) is 2.50. The van der Waals surface area contributed by atoms with Crippen molar-refractivity contribution in [2.24, 2.45) is 5.41 Å². The predicted molar refractivity (Wildman–Crippen MR) is 66.6 cm³/mol. The zero-order chi connectivity index (χ0) is 13.9. The van der Waals surface area contributed by atoms with E-state index in [0.29, 0.717) is 6.54 Å². The SMILES string of the molecule is CC1(CNC(=O)c2cn(CC(=O)O)nn2)CCCC1. The van der Waals surface area contributed by atoms with Crippen molar-refractivity contribution >= 4 is 11.9 Å². The monoisotopic (exact) mass is 266 g/mol. The van der Waals surface area contributed by atoms with Crippen LogP contribution in [0.15, 0.2) is 6.20 Å². The van der Waals surface area contributed by atoms with Gasteiger partial charge in [-0.3, -0.25) is 9.59 Å². The minimum absolute atomic E-state index is 0.155. The van der Waals surface area contributed by atoms with Gasteiger partial charge in [-0.1, -0.05) is 25.0 Å². The molecule has 0 atom stereocenters. The second-order valence-corrected chi connectivity index (χ2v) is 5.40. The molecule has 1 fully saturated rings. The Kier molecular flexibility index (Phi) is 3.82. The highest BCUT2D eigenvalue weighted by Gasteiger charge is 2.29. The van der Waals surface area contributed by atoms with Crippen molar-refractivity contribution in [3.63, 3.8) is 0 Å². The van der Waals surface area contributed by atoms with Gasteiger partial charge in [0.25, 0.3) is 5.91 Å². The number of carbonyl (C=O) groups excluding carboxylic acids is 1. The number of amides is 1. The van der Waals surface area contributed by atoms with Gasteiger partial charge in [0.15, 0.2) is 5.69 Å². The van der Waals surface area contributed by atoms with E-state index in [9.17, 15) is 9.59 Å². The van der Waals surface area contributed by atoms with Gasteiger partial charge in [-0.15, -0.1) is 5.10 Å². The maximum atomic E-state index is 11.9. The van der Waals surface area contributed by atoms with E-state index in [1.807, 2.05) is 0 Å². The Morgan fingerprint density at radius 3 is 2.79 bits per heavy atom. The standard InChI is InChI=1S/C12H18N4O3/c1-12(4-2-3-5-12)8-13-11(19)9-6-16(15-14-9)7-10(17)18/h6H,2-5,7-8H2,1H3,(H,13,19)(H,17,18). The molecular formula is C12H18N4O3. The van der Waals surface area contributed by atoms with Crippen molar-refractivity contribution in [1.29, 1.82) is 0 Å². The molecule has 7 heteroatoms. The minimum atomic E-state index is -1.02. The Labute approximate surface area is 111 Å². The zero-order valence-electron chi connectivity index (χ0n) is 10.9. The molecule has 1 aromatic heterocycles. The molecule has 1 aliphatic carbocycles. The first kappa shape index (κ1) is 13.5. The lowest BCUT2D eigenvalue weighted by molar-refractivity contribution is -0.137. The smallest absolute Gasteiger partial charge is 0.325 e. The van der Waals surface area contributed by atoms with Crippen LogP contribution >= 0.6 is 0 Å². The maximum absolute atomic E-state index is 11.9. The Balaban J connectivity index is 1.89. The highest BCUT2D eigenvalue weighted by Crippen LogP contribution is 2.36. The normalized spacial score (nSPS) is 17.3. The summed E-state index contributed by atoms with van der Waals surface area (Å²) >= 11 is 0. The molecule has 0 unspecified atom stereocenters. The molecule has 1 saturated carbocycles. The van der Waals surface area contributed by atoms with Crippen LogP contribution in [0, 0.1) is 5.41 Å². The Hall–Kier alpha value is -1.92. The molecule has 2 N–H and O–H groups in total. The van der Waals surface area contributed by atoms with Gasteiger partial charge in [-0.05, 0) is 18.3 Å². The van der Waals surface area contributed by atoms with Crippen LogP contribution in [0.3, 0.4) is 0 Å². The Morgan fingerprint density at radius 2 is 2.16 bits per heavy atom. The summed E-state index contributed by atoms with van der Waals surface area (Å²) in [6, 6.07) is 0. The summed E-state index contributed by atoms with van der Waals surface area (Å²) in [4.78, 5) is 22.4. The number of hydrogen-bond acceptors (Lipinski definition) is 4. The molecule has 0 bridgehead atoms. The lowest BCUT2D eigenvalue weighted by Gasteiger charge is -2.23. The molecule has 0 aromatic carbocycles. The fourth-order valence-electron chi connectivity index (χ4n) is 2.41. The zero-order valence-corrected chi connectivity index (χ0v) is 10.9. The van der Waals surface area contributed by atoms with E-state index in [2.05, 4.69) is 22.6 Å². The summed E-state index contributed by atoms with van der Waals surface area (Å²) in [5.74, 6) is -1.32. The summed E-state index contributed by atoms with van der Waals surface area (Å²) in [5.41, 5.74) is 0.329. The van der Waals surface area contributed by atoms with Gasteiger partial charge in [0.1, 0.15) is 6.54 Å². The van der Waals surface area contributed by atoms with Gasteiger partial charge in [-0.2, -0.15) is 0 Å². The second-order valence-electron chi connectivity index (χ2n) is 5.40. The summed E-state index contributed by atoms with van der Waals surface area (Å²) in [6.07, 6.45) is 6.01. The number of nitrogens with zero attached hydrogens (tertiary/aromatic N) is 3. The number of carboxylic acids is 1. The van der Waals surface area contributed by atoms with Crippen LogP contribution in [0.25, 0.3) is 0 Å². The molecule has 2 rings (SSSR count). The second kappa shape index (κ2) is 5.38. The van der Waals surface area contributed by atoms with Gasteiger partial charge >= 0.3 is 5.97 Å². The van der Waals surface area contributed by atoms with Crippen LogP contribution in [0.2, 0.25) is 0 Å². The summed E-state index contributed by atoms with van der Waals surface area (Å²) in [5, 5.41) is 18.7. The third-order valence-electron chi connectivity index (χ3n) is 3.55. The molecule has 1 amide bonds. The van der Waals surface area contributed by atoms with Crippen molar-refractivity contribution in [3.8, 4) is 0 Å². The minimum Gasteiger partial charge on any atom is -0.480 e. The number of aliphatic carboxylic acids is 1. The van der Waals surface area contributed by atoms with E-state index in [1.54, 1.807) is 0 Å². The third kappa shape index (κ3) is 3.52. The quantitative estimate of drug-likeness (QED) is 0.816. The first-order valence-corrected chi connectivity index (χ1v) is 6.39. The average molecular weight is 266 g/mol. The van der Waals surface area contributed by atoms with Crippen LogP contribution in [0.1, 0.15) is 43.1 Å². The molecule has 104 valence electrons. The lowest BCUT2D eigenvalue weighted by Crippen LogP contribution is -2.34. The first-order valence-electron chi connectivity index (χ1n) is 6.39. The Morgan fingerprint density at radius 1 is 1.47 bits per heavy atom. The van der Waals surface area contributed by atoms with Gasteiger partial charge in [0, 0.05) is 6.54 Å². The molecule has 0 aliphatic heterocycles. The van der Waals surface area contributed by atoms with Gasteiger partial charge in [0.2, 0.25) is 0 Å². The van der Waals surface area contributed by atoms with Crippen LogP contribution in [0.4, 0.5) is 0 Å². The fourth-order valence-corrected chi connectivity index (χ4v) is 2.41. The molecular weight excluding hydrogens is 248 g/mol. The fraction of sp³-hybridized carbons (Fsp3) is 0.667. The van der Waals surface area contributed by atoms with Crippen molar-refractivity contribution in [2.75, 3.05) is 6.54 Å². The van der Waals surface area contributed by atoms with Gasteiger partial charge in [-0.25, -0.2) is 4.68 Å². The van der Waals surface area contributed by atoms with E-state index >= 15 is 0 Å². The van der Waals surface area contributed by atoms with Crippen molar-refractivity contribution in [2.45, 2.75) is 39.2 Å². The highest BCUT2D eigenvalue weighted by molar-refractivity contribution is 5.91. The average Bonchev–Trinajstić information content (AvgIpc) is 2.95. The lowest BCUT2D eigenvalue weighted by atomic mass is 9.89. The van der Waals surface area contributed by atoms with Gasteiger partial charge < -0.3 is 10.4 Å². The van der Waals surface area contributed by atoms with Crippen molar-refractivity contribution in [1.82, 2.24) is 20.3 Å². The number of rotatable bonds is 5. The van der Waals surface area contributed by atoms with Crippen LogP contribution in [-0.2, 0) is 11.3 Å². The molecule has 0 radical (unpaired) electrons. The summed E-state index contributed by atoms with van der Waals surface area (Å²) < 4.78 is 1.13. The van der Waals surface area contributed by atoms with E-state index in [0.717, 1.165) is 17.5 Å². The molecule has 1 aromatic rings. The third-order valence-corrected chi connectivity index (χ3v) is 3.55. The largest absolute Gasteiger partial charge is 0.480 e. The van der Waals surface area contributed by atoms with Crippen molar-refractivity contribution in [3.05, 3.63) is 11.9 Å². The highest BCUT2D eigenvalue weighted by atomic mass is 16.4. The first-order chi connectivity index (χ1) is 8.98.